The number of halogens is 2. The topological polar surface area (TPSA) is 88.4 Å². The van der Waals surface area contributed by atoms with E-state index in [4.69, 9.17) is 18.9 Å². The summed E-state index contributed by atoms with van der Waals surface area (Å²) in [5.41, 5.74) is 1.98. The first kappa shape index (κ1) is 27.2. The highest BCUT2D eigenvalue weighted by Gasteiger charge is 2.33. The van der Waals surface area contributed by atoms with E-state index in [0.717, 1.165) is 5.56 Å². The number of carbonyl (C=O) groups excluding carboxylic acids is 1. The van der Waals surface area contributed by atoms with E-state index in [0.29, 0.717) is 52.4 Å². The van der Waals surface area contributed by atoms with Gasteiger partial charge in [0.05, 0.1) is 58.7 Å². The van der Waals surface area contributed by atoms with Gasteiger partial charge < -0.3 is 18.9 Å². The molecular weight excluding hydrogens is 628 g/mol. The third-order valence-corrected chi connectivity index (χ3v) is 7.95. The van der Waals surface area contributed by atoms with Crippen LogP contribution in [0.25, 0.3) is 6.08 Å². The van der Waals surface area contributed by atoms with E-state index >= 15 is 0 Å². The van der Waals surface area contributed by atoms with Crippen molar-refractivity contribution in [3.05, 3.63) is 81.4 Å². The molecule has 2 aromatic carbocycles. The van der Waals surface area contributed by atoms with Gasteiger partial charge in [0, 0.05) is 0 Å². The third kappa shape index (κ3) is 5.12. The van der Waals surface area contributed by atoms with Gasteiger partial charge in [0.2, 0.25) is 0 Å². The summed E-state index contributed by atoms with van der Waals surface area (Å²) in [5, 5.41) is 0. The van der Waals surface area contributed by atoms with E-state index in [1.54, 1.807) is 58.0 Å². The van der Waals surface area contributed by atoms with Gasteiger partial charge in [-0.2, -0.15) is 0 Å². The van der Waals surface area contributed by atoms with E-state index < -0.39 is 12.0 Å². The fraction of sp³-hybridized carbons (Fsp3) is 0.269. The van der Waals surface area contributed by atoms with Gasteiger partial charge in [0.15, 0.2) is 16.3 Å². The van der Waals surface area contributed by atoms with Crippen LogP contribution in [0.1, 0.15) is 31.0 Å². The van der Waals surface area contributed by atoms with Gasteiger partial charge in [0.25, 0.3) is 5.56 Å². The van der Waals surface area contributed by atoms with Gasteiger partial charge in [-0.05, 0) is 87.2 Å². The molecule has 0 aliphatic carbocycles. The number of hydrogen-bond acceptors (Lipinski definition) is 8. The van der Waals surface area contributed by atoms with Crippen molar-refractivity contribution >= 4 is 55.2 Å². The SMILES string of the molecule is CCOC(=O)C1=C(C)N=c2s/c(=C/c3cc(Br)c(OC)c(OC)c3)c(=O)n2[C@H]1c1ccc(OC)c(Br)c1. The monoisotopic (exact) mass is 650 g/mol. The Bertz CT molecular complexity index is 1590. The summed E-state index contributed by atoms with van der Waals surface area (Å²) in [4.78, 5) is 32.0. The lowest BCUT2D eigenvalue weighted by Crippen LogP contribution is -2.40. The Kier molecular flexibility index (Phi) is 8.25. The Morgan fingerprint density at radius 2 is 1.81 bits per heavy atom. The van der Waals surface area contributed by atoms with Crippen LogP contribution in [0, 0.1) is 0 Å². The van der Waals surface area contributed by atoms with E-state index in [-0.39, 0.29) is 12.2 Å². The lowest BCUT2D eigenvalue weighted by atomic mass is 9.96. The molecule has 1 atom stereocenters. The van der Waals surface area contributed by atoms with Crippen LogP contribution in [0.15, 0.2) is 60.3 Å². The molecule has 11 heteroatoms. The molecule has 8 nitrogen and oxygen atoms in total. The van der Waals surface area contributed by atoms with Crippen LogP contribution in [-0.2, 0) is 9.53 Å². The Balaban J connectivity index is 1.96. The second-order valence-corrected chi connectivity index (χ2v) is 10.7. The summed E-state index contributed by atoms with van der Waals surface area (Å²) >= 11 is 8.26. The molecule has 37 heavy (non-hydrogen) atoms. The summed E-state index contributed by atoms with van der Waals surface area (Å²) in [6.07, 6.45) is 1.76. The quantitative estimate of drug-likeness (QED) is 0.353. The number of benzene rings is 2. The minimum absolute atomic E-state index is 0.202. The average molecular weight is 652 g/mol. The van der Waals surface area contributed by atoms with Crippen LogP contribution in [0.4, 0.5) is 0 Å². The molecule has 0 amide bonds. The van der Waals surface area contributed by atoms with Crippen molar-refractivity contribution in [2.75, 3.05) is 27.9 Å². The van der Waals surface area contributed by atoms with Crippen LogP contribution < -0.4 is 29.1 Å². The molecule has 1 aliphatic rings. The van der Waals surface area contributed by atoms with Crippen molar-refractivity contribution in [2.45, 2.75) is 19.9 Å². The summed E-state index contributed by atoms with van der Waals surface area (Å²) in [6.45, 7) is 3.69. The normalized spacial score (nSPS) is 15.2. The fourth-order valence-corrected chi connectivity index (χ4v) is 6.36. The van der Waals surface area contributed by atoms with Crippen molar-refractivity contribution in [1.82, 2.24) is 4.57 Å². The summed E-state index contributed by atoms with van der Waals surface area (Å²) in [7, 11) is 4.68. The van der Waals surface area contributed by atoms with E-state index in [2.05, 4.69) is 36.9 Å². The number of nitrogens with zero attached hydrogens (tertiary/aromatic N) is 2. The third-order valence-electron chi connectivity index (χ3n) is 5.76. The predicted octanol–water partition coefficient (Wildman–Crippen LogP) is 4.35. The number of ether oxygens (including phenoxy) is 4. The molecule has 2 heterocycles. The second kappa shape index (κ2) is 11.2. The highest BCUT2D eigenvalue weighted by atomic mass is 79.9. The maximum Gasteiger partial charge on any atom is 0.338 e. The highest BCUT2D eigenvalue weighted by molar-refractivity contribution is 9.11. The number of fused-ring (bicyclic) bond motifs is 1. The molecule has 194 valence electrons. The number of methoxy groups -OCH3 is 3. The molecule has 0 radical (unpaired) electrons. The number of thiazole rings is 1. The lowest BCUT2D eigenvalue weighted by molar-refractivity contribution is -0.139. The van der Waals surface area contributed by atoms with Crippen molar-refractivity contribution in [3.63, 3.8) is 0 Å². The number of carbonyl (C=O) groups is 1. The zero-order valence-corrected chi connectivity index (χ0v) is 24.7. The molecule has 1 aromatic heterocycles. The Morgan fingerprint density at radius 3 is 2.43 bits per heavy atom. The first-order chi connectivity index (χ1) is 17.7. The van der Waals surface area contributed by atoms with E-state index in [1.165, 1.54) is 11.3 Å². The van der Waals surface area contributed by atoms with Crippen LogP contribution in [0.3, 0.4) is 0 Å². The Labute approximate surface area is 234 Å². The minimum atomic E-state index is -0.725. The van der Waals surface area contributed by atoms with Gasteiger partial charge in [-0.15, -0.1) is 0 Å². The minimum Gasteiger partial charge on any atom is -0.496 e. The lowest BCUT2D eigenvalue weighted by Gasteiger charge is -2.25. The number of hydrogen-bond donors (Lipinski definition) is 0. The molecule has 0 unspecified atom stereocenters. The summed E-state index contributed by atoms with van der Waals surface area (Å²) in [5.74, 6) is 1.20. The standard InChI is InChI=1S/C26H24Br2N2O6S/c1-6-36-25(32)21-13(2)29-26-30(22(21)15-7-8-18(33-3)16(27)12-15)24(31)20(37-26)11-14-9-17(28)23(35-5)19(10-14)34-4/h7-12,22H,6H2,1-5H3/b20-11+/t22-/m0/s1. The van der Waals surface area contributed by atoms with E-state index in [9.17, 15) is 9.59 Å². The molecule has 0 N–H and O–H groups in total. The predicted molar refractivity (Wildman–Crippen MR) is 148 cm³/mol. The molecule has 0 spiro atoms. The highest BCUT2D eigenvalue weighted by Crippen LogP contribution is 2.37. The number of esters is 1. The van der Waals surface area contributed by atoms with Gasteiger partial charge in [-0.1, -0.05) is 17.4 Å². The first-order valence-corrected chi connectivity index (χ1v) is 13.6. The van der Waals surface area contributed by atoms with Crippen LogP contribution in [0.5, 0.6) is 17.2 Å². The van der Waals surface area contributed by atoms with Crippen LogP contribution >= 0.6 is 43.2 Å². The average Bonchev–Trinajstić information content (AvgIpc) is 3.16. The van der Waals surface area contributed by atoms with Gasteiger partial charge in [-0.25, -0.2) is 9.79 Å². The molecule has 3 aromatic rings. The number of allylic oxidation sites excluding steroid dienone is 1. The number of aromatic nitrogens is 1. The maximum atomic E-state index is 13.8. The summed E-state index contributed by atoms with van der Waals surface area (Å²) in [6, 6.07) is 8.35. The van der Waals surface area contributed by atoms with Crippen LogP contribution in [0.2, 0.25) is 0 Å². The maximum absolute atomic E-state index is 13.8. The molecular formula is C26H24Br2N2O6S. The zero-order valence-electron chi connectivity index (χ0n) is 20.8. The van der Waals surface area contributed by atoms with Crippen molar-refractivity contribution in [2.24, 2.45) is 4.99 Å². The molecule has 4 rings (SSSR count). The van der Waals surface area contributed by atoms with Crippen molar-refractivity contribution < 1.29 is 23.7 Å². The number of rotatable bonds is 7. The summed E-state index contributed by atoms with van der Waals surface area (Å²) < 4.78 is 24.9. The molecule has 0 bridgehead atoms. The van der Waals surface area contributed by atoms with Crippen LogP contribution in [-0.4, -0.2) is 38.5 Å². The van der Waals surface area contributed by atoms with E-state index in [1.807, 2.05) is 18.2 Å². The largest absolute Gasteiger partial charge is 0.496 e. The smallest absolute Gasteiger partial charge is 0.338 e. The van der Waals surface area contributed by atoms with Crippen molar-refractivity contribution in [3.8, 4) is 17.2 Å². The van der Waals surface area contributed by atoms with Crippen molar-refractivity contribution in [1.29, 1.82) is 0 Å². The zero-order chi connectivity index (χ0) is 26.9. The Hall–Kier alpha value is -2.89. The second-order valence-electron chi connectivity index (χ2n) is 7.93. The fourth-order valence-electron chi connectivity index (χ4n) is 4.13. The van der Waals surface area contributed by atoms with Gasteiger partial charge >= 0.3 is 5.97 Å². The first-order valence-electron chi connectivity index (χ1n) is 11.2. The molecule has 0 saturated heterocycles. The molecule has 0 fully saturated rings. The van der Waals surface area contributed by atoms with Gasteiger partial charge in [0.1, 0.15) is 5.75 Å². The molecule has 0 saturated carbocycles. The molecule has 1 aliphatic heterocycles. The Morgan fingerprint density at radius 1 is 1.08 bits per heavy atom. The van der Waals surface area contributed by atoms with Gasteiger partial charge in [-0.3, -0.25) is 9.36 Å².